The average Bonchev–Trinajstić information content (AvgIpc) is 3.05. The number of carbonyl (C=O) groups excluding carboxylic acids is 2. The van der Waals surface area contributed by atoms with Gasteiger partial charge in [0.1, 0.15) is 17.5 Å². The summed E-state index contributed by atoms with van der Waals surface area (Å²) < 4.78 is 57.1. The second kappa shape index (κ2) is 8.98. The number of benzene rings is 2. The van der Waals surface area contributed by atoms with Crippen molar-refractivity contribution >= 4 is 33.3 Å². The maximum Gasteiger partial charge on any atom is 0.262 e. The number of aryl methyl sites for hydroxylation is 2. The van der Waals surface area contributed by atoms with Crippen molar-refractivity contribution in [1.82, 2.24) is 9.78 Å². The maximum atomic E-state index is 14.1. The first-order valence-corrected chi connectivity index (χ1v) is 12.1. The van der Waals surface area contributed by atoms with Gasteiger partial charge in [-0.3, -0.25) is 14.3 Å². The van der Waals surface area contributed by atoms with Gasteiger partial charge in [0.2, 0.25) is 11.8 Å². The maximum absolute atomic E-state index is 14.1. The predicted molar refractivity (Wildman–Crippen MR) is 122 cm³/mol. The van der Waals surface area contributed by atoms with Crippen LogP contribution in [0.1, 0.15) is 42.2 Å². The van der Waals surface area contributed by atoms with Gasteiger partial charge >= 0.3 is 0 Å². The minimum Gasteiger partial charge on any atom is -0.310 e. The zero-order chi connectivity index (χ0) is 24.6. The monoisotopic (exact) mass is 488 g/mol. The van der Waals surface area contributed by atoms with Crippen molar-refractivity contribution in [3.63, 3.8) is 0 Å². The summed E-state index contributed by atoms with van der Waals surface area (Å²) in [4.78, 5) is 24.6. The number of halogens is 2. The Balaban J connectivity index is 1.85. The number of nitrogens with zero attached hydrogens (tertiary/aromatic N) is 2. The van der Waals surface area contributed by atoms with Crippen molar-refractivity contribution in [2.75, 3.05) is 10.0 Å². The van der Waals surface area contributed by atoms with Gasteiger partial charge < -0.3 is 5.32 Å². The lowest BCUT2D eigenvalue weighted by atomic mass is 10.0. The molecule has 11 heteroatoms. The van der Waals surface area contributed by atoms with Crippen LogP contribution in [0.3, 0.4) is 0 Å². The van der Waals surface area contributed by atoms with E-state index in [2.05, 4.69) is 15.1 Å². The van der Waals surface area contributed by atoms with E-state index < -0.39 is 27.3 Å². The van der Waals surface area contributed by atoms with Gasteiger partial charge in [-0.1, -0.05) is 25.5 Å². The molecule has 0 radical (unpaired) electrons. The van der Waals surface area contributed by atoms with Crippen LogP contribution in [-0.2, 0) is 21.2 Å². The molecule has 2 aromatic carbocycles. The van der Waals surface area contributed by atoms with Crippen molar-refractivity contribution in [2.45, 2.75) is 44.4 Å². The molecule has 4 rings (SSSR count). The lowest BCUT2D eigenvalue weighted by molar-refractivity contribution is -0.116. The van der Waals surface area contributed by atoms with Crippen molar-refractivity contribution in [1.29, 1.82) is 0 Å². The zero-order valence-electron chi connectivity index (χ0n) is 18.5. The van der Waals surface area contributed by atoms with Crippen LogP contribution in [0, 0.1) is 18.6 Å². The SMILES string of the molecule is CCCc1nn2c(c1-c1ccc(C)c(S(=O)(=O)Nc3cc(F)ccc3F)c1)NC(=O)CCC2=O. The van der Waals surface area contributed by atoms with Gasteiger partial charge in [0, 0.05) is 24.5 Å². The third-order valence-corrected chi connectivity index (χ3v) is 6.95. The average molecular weight is 489 g/mol. The van der Waals surface area contributed by atoms with Crippen LogP contribution < -0.4 is 10.0 Å². The fourth-order valence-electron chi connectivity index (χ4n) is 3.82. The summed E-state index contributed by atoms with van der Waals surface area (Å²) in [6.07, 6.45) is 1.20. The highest BCUT2D eigenvalue weighted by Gasteiger charge is 2.28. The molecule has 2 N–H and O–H groups in total. The predicted octanol–water partition coefficient (Wildman–Crippen LogP) is 4.26. The van der Waals surface area contributed by atoms with E-state index in [-0.39, 0.29) is 35.4 Å². The third kappa shape index (κ3) is 4.43. The Morgan fingerprint density at radius 3 is 2.62 bits per heavy atom. The molecule has 0 spiro atoms. The van der Waals surface area contributed by atoms with Crippen LogP contribution in [0.4, 0.5) is 20.3 Å². The molecule has 0 aliphatic carbocycles. The fraction of sp³-hybridized carbons (Fsp3) is 0.261. The topological polar surface area (TPSA) is 110 Å². The first-order valence-electron chi connectivity index (χ1n) is 10.6. The van der Waals surface area contributed by atoms with E-state index in [1.54, 1.807) is 19.1 Å². The molecular weight excluding hydrogens is 466 g/mol. The fourth-order valence-corrected chi connectivity index (χ4v) is 5.15. The number of aromatic nitrogens is 2. The number of amides is 1. The first kappa shape index (κ1) is 23.6. The minimum absolute atomic E-state index is 0.00215. The molecule has 1 amide bonds. The number of carbonyl (C=O) groups is 2. The van der Waals surface area contributed by atoms with E-state index in [0.29, 0.717) is 35.2 Å². The summed E-state index contributed by atoms with van der Waals surface area (Å²) in [6, 6.07) is 7.06. The molecule has 1 aromatic heterocycles. The van der Waals surface area contributed by atoms with Crippen LogP contribution >= 0.6 is 0 Å². The Morgan fingerprint density at radius 1 is 1.12 bits per heavy atom. The summed E-state index contributed by atoms with van der Waals surface area (Å²) >= 11 is 0. The molecule has 0 atom stereocenters. The third-order valence-electron chi connectivity index (χ3n) is 5.44. The van der Waals surface area contributed by atoms with Gasteiger partial charge in [-0.15, -0.1) is 0 Å². The van der Waals surface area contributed by atoms with Crippen molar-refractivity contribution in [3.05, 3.63) is 59.3 Å². The quantitative estimate of drug-likeness (QED) is 0.539. The highest BCUT2D eigenvalue weighted by atomic mass is 32.2. The van der Waals surface area contributed by atoms with Crippen LogP contribution in [0.5, 0.6) is 0 Å². The molecule has 2 heterocycles. The van der Waals surface area contributed by atoms with Gasteiger partial charge in [0.25, 0.3) is 10.0 Å². The largest absolute Gasteiger partial charge is 0.310 e. The highest BCUT2D eigenvalue weighted by molar-refractivity contribution is 7.92. The van der Waals surface area contributed by atoms with Crippen LogP contribution in [0.15, 0.2) is 41.3 Å². The van der Waals surface area contributed by atoms with Gasteiger partial charge in [-0.25, -0.2) is 17.2 Å². The minimum atomic E-state index is -4.31. The molecule has 178 valence electrons. The van der Waals surface area contributed by atoms with Crippen molar-refractivity contribution in [2.24, 2.45) is 0 Å². The second-order valence-electron chi connectivity index (χ2n) is 7.98. The van der Waals surface area contributed by atoms with Crippen LogP contribution in [0.25, 0.3) is 11.1 Å². The second-order valence-corrected chi connectivity index (χ2v) is 9.63. The number of anilines is 2. The number of rotatable bonds is 6. The number of sulfonamides is 1. The lowest BCUT2D eigenvalue weighted by Crippen LogP contribution is -2.16. The summed E-state index contributed by atoms with van der Waals surface area (Å²) in [5.74, 6) is -2.23. The molecule has 1 aliphatic rings. The van der Waals surface area contributed by atoms with Gasteiger partial charge in [0.15, 0.2) is 0 Å². The standard InChI is InChI=1S/C23H22F2N4O4S/c1-3-4-17-22(23-26-20(30)9-10-21(31)29(23)27-17)14-6-5-13(2)19(11-14)34(32,33)28-18-12-15(24)7-8-16(18)25/h5-8,11-12,28H,3-4,9-10H2,1-2H3,(H,26,30). The Kier molecular flexibility index (Phi) is 6.22. The molecule has 34 heavy (non-hydrogen) atoms. The normalized spacial score (nSPS) is 13.9. The summed E-state index contributed by atoms with van der Waals surface area (Å²) in [5, 5.41) is 7.10. The van der Waals surface area contributed by atoms with Crippen LogP contribution in [0.2, 0.25) is 0 Å². The zero-order valence-corrected chi connectivity index (χ0v) is 19.3. The van der Waals surface area contributed by atoms with Crippen LogP contribution in [-0.4, -0.2) is 30.0 Å². The van der Waals surface area contributed by atoms with Gasteiger partial charge in [-0.2, -0.15) is 9.78 Å². The smallest absolute Gasteiger partial charge is 0.262 e. The van der Waals surface area contributed by atoms with E-state index in [4.69, 9.17) is 0 Å². The Labute approximate surface area is 195 Å². The molecule has 8 nitrogen and oxygen atoms in total. The highest BCUT2D eigenvalue weighted by Crippen LogP contribution is 2.36. The Morgan fingerprint density at radius 2 is 1.88 bits per heavy atom. The van der Waals surface area contributed by atoms with Gasteiger partial charge in [-0.05, 0) is 42.7 Å². The summed E-state index contributed by atoms with van der Waals surface area (Å²) in [6.45, 7) is 3.49. The van der Waals surface area contributed by atoms with E-state index >= 15 is 0 Å². The molecule has 3 aromatic rings. The molecule has 0 fully saturated rings. The van der Waals surface area contributed by atoms with E-state index in [9.17, 15) is 26.8 Å². The number of fused-ring (bicyclic) bond motifs is 1. The van der Waals surface area contributed by atoms with E-state index in [0.717, 1.165) is 22.9 Å². The molecule has 1 aliphatic heterocycles. The molecular formula is C23H22F2N4O4S. The number of hydrogen-bond donors (Lipinski definition) is 2. The molecule has 0 saturated carbocycles. The Bertz CT molecular complexity index is 1420. The molecule has 0 bridgehead atoms. The number of hydrogen-bond acceptors (Lipinski definition) is 5. The van der Waals surface area contributed by atoms with E-state index in [1.165, 1.54) is 6.07 Å². The summed E-state index contributed by atoms with van der Waals surface area (Å²) in [7, 11) is -4.31. The van der Waals surface area contributed by atoms with Gasteiger partial charge in [0.05, 0.1) is 16.3 Å². The lowest BCUT2D eigenvalue weighted by Gasteiger charge is -2.14. The summed E-state index contributed by atoms with van der Waals surface area (Å²) in [5.41, 5.74) is 1.23. The Hall–Kier alpha value is -3.60. The van der Waals surface area contributed by atoms with E-state index in [1.807, 2.05) is 6.92 Å². The first-order chi connectivity index (χ1) is 16.1. The van der Waals surface area contributed by atoms with Crippen molar-refractivity contribution in [3.8, 4) is 11.1 Å². The number of nitrogens with one attached hydrogen (secondary N) is 2. The molecule has 0 unspecified atom stereocenters. The molecule has 0 saturated heterocycles. The van der Waals surface area contributed by atoms with Crippen molar-refractivity contribution < 1.29 is 26.8 Å².